The zero-order valence-corrected chi connectivity index (χ0v) is 16.5. The number of aliphatic hydroxyl groups excluding tert-OH is 1. The van der Waals surface area contributed by atoms with Crippen LogP contribution in [0.5, 0.6) is 0 Å². The predicted octanol–water partition coefficient (Wildman–Crippen LogP) is 5.07. The van der Waals surface area contributed by atoms with Crippen LogP contribution in [0.1, 0.15) is 17.2 Å². The van der Waals surface area contributed by atoms with Gasteiger partial charge in [-0.15, -0.1) is 0 Å². The van der Waals surface area contributed by atoms with E-state index in [1.165, 1.54) is 6.20 Å². The molecule has 4 aromatic rings. The van der Waals surface area contributed by atoms with Crippen molar-refractivity contribution in [3.8, 4) is 0 Å². The Morgan fingerprint density at radius 1 is 0.938 bits per heavy atom. The molecule has 0 radical (unpaired) electrons. The quantitative estimate of drug-likeness (QED) is 0.271. The van der Waals surface area contributed by atoms with Crippen molar-refractivity contribution in [1.29, 1.82) is 0 Å². The van der Waals surface area contributed by atoms with Crippen molar-refractivity contribution in [3.05, 3.63) is 107 Å². The Bertz CT molecular complexity index is 1410. The molecule has 5 rings (SSSR count). The highest BCUT2D eigenvalue weighted by Crippen LogP contribution is 2.43. The van der Waals surface area contributed by atoms with Crippen molar-refractivity contribution < 1.29 is 23.5 Å². The van der Waals surface area contributed by atoms with E-state index in [4.69, 9.17) is 0 Å². The van der Waals surface area contributed by atoms with Gasteiger partial charge in [-0.3, -0.25) is 14.5 Å². The highest BCUT2D eigenvalue weighted by molar-refractivity contribution is 6.51. The van der Waals surface area contributed by atoms with E-state index in [0.29, 0.717) is 16.5 Å². The van der Waals surface area contributed by atoms with Gasteiger partial charge in [0.15, 0.2) is 0 Å². The van der Waals surface area contributed by atoms with E-state index in [1.54, 1.807) is 42.5 Å². The lowest BCUT2D eigenvalue weighted by molar-refractivity contribution is -0.132. The third-order valence-electron chi connectivity index (χ3n) is 5.57. The summed E-state index contributed by atoms with van der Waals surface area (Å²) in [6.45, 7) is 0. The number of fused-ring (bicyclic) bond motifs is 1. The van der Waals surface area contributed by atoms with E-state index in [-0.39, 0.29) is 11.3 Å². The Kier molecular flexibility index (Phi) is 4.59. The number of H-pyrrole nitrogens is 1. The normalized spacial score (nSPS) is 17.9. The smallest absolute Gasteiger partial charge is 0.300 e. The van der Waals surface area contributed by atoms with Gasteiger partial charge in [0.2, 0.25) is 0 Å². The van der Waals surface area contributed by atoms with Crippen molar-refractivity contribution in [2.24, 2.45) is 0 Å². The number of aromatic nitrogens is 1. The maximum Gasteiger partial charge on any atom is 0.300 e. The molecule has 2 heterocycles. The van der Waals surface area contributed by atoms with Gasteiger partial charge in [-0.05, 0) is 23.8 Å². The molecule has 1 unspecified atom stereocenters. The number of carbonyl (C=O) groups is 2. The van der Waals surface area contributed by atoms with Crippen LogP contribution < -0.4 is 4.90 Å². The summed E-state index contributed by atoms with van der Waals surface area (Å²) in [4.78, 5) is 30.1. The molecule has 3 aromatic carbocycles. The summed E-state index contributed by atoms with van der Waals surface area (Å²) in [6.07, 6.45) is 1.54. The van der Waals surface area contributed by atoms with Gasteiger partial charge < -0.3 is 10.1 Å². The Labute approximate surface area is 181 Å². The molecule has 0 saturated carbocycles. The average molecular weight is 430 g/mol. The van der Waals surface area contributed by atoms with Gasteiger partial charge in [0.25, 0.3) is 11.7 Å². The molecule has 1 saturated heterocycles. The van der Waals surface area contributed by atoms with Crippen molar-refractivity contribution in [2.75, 3.05) is 4.90 Å². The van der Waals surface area contributed by atoms with Crippen LogP contribution in [-0.2, 0) is 9.59 Å². The number of halogens is 2. The number of aromatic amines is 1. The largest absolute Gasteiger partial charge is 0.507 e. The first-order valence-corrected chi connectivity index (χ1v) is 9.85. The summed E-state index contributed by atoms with van der Waals surface area (Å²) in [6, 6.07) is 17.2. The number of amides is 1. The zero-order chi connectivity index (χ0) is 22.4. The number of para-hydroxylation sites is 1. The van der Waals surface area contributed by atoms with Crippen molar-refractivity contribution in [3.63, 3.8) is 0 Å². The fraction of sp³-hybridized carbons (Fsp3) is 0.0400. The zero-order valence-electron chi connectivity index (χ0n) is 16.5. The van der Waals surface area contributed by atoms with Crippen molar-refractivity contribution in [1.82, 2.24) is 4.98 Å². The van der Waals surface area contributed by atoms with Crippen LogP contribution in [0.3, 0.4) is 0 Å². The van der Waals surface area contributed by atoms with E-state index in [0.717, 1.165) is 28.6 Å². The molecule has 5 nitrogen and oxygen atoms in total. The standard InChI is InChI=1S/C25H16F2N2O3/c26-15-10-11-18(27)20(12-15)29-22(14-6-2-1-3-7-14)21(24(31)25(29)32)23(30)17-13-28-19-9-5-4-8-16(17)19/h1-13,22,28,30H/b23-21-. The maximum atomic E-state index is 14.7. The Balaban J connectivity index is 1.78. The SMILES string of the molecule is O=C1C(=O)N(c2cc(F)ccc2F)C(c2ccccc2)/C1=C(/O)c1c[nH]c2ccccc12. The number of benzene rings is 3. The lowest BCUT2D eigenvalue weighted by atomic mass is 9.95. The van der Waals surface area contributed by atoms with Gasteiger partial charge in [0.05, 0.1) is 17.3 Å². The minimum absolute atomic E-state index is 0.199. The first kappa shape index (κ1) is 19.7. The first-order chi connectivity index (χ1) is 15.5. The number of rotatable bonds is 3. The molecule has 1 aromatic heterocycles. The molecule has 0 bridgehead atoms. The number of hydrogen-bond donors (Lipinski definition) is 2. The maximum absolute atomic E-state index is 14.7. The van der Waals surface area contributed by atoms with Gasteiger partial charge in [-0.2, -0.15) is 0 Å². The van der Waals surface area contributed by atoms with Crippen LogP contribution in [0.25, 0.3) is 16.7 Å². The molecule has 0 aliphatic carbocycles. The number of aliphatic hydroxyl groups is 1. The molecule has 32 heavy (non-hydrogen) atoms. The van der Waals surface area contributed by atoms with E-state index in [2.05, 4.69) is 4.98 Å². The second-order valence-electron chi connectivity index (χ2n) is 7.42. The first-order valence-electron chi connectivity index (χ1n) is 9.85. The van der Waals surface area contributed by atoms with E-state index in [9.17, 15) is 23.5 Å². The van der Waals surface area contributed by atoms with E-state index >= 15 is 0 Å². The lowest BCUT2D eigenvalue weighted by Crippen LogP contribution is -2.30. The molecule has 2 N–H and O–H groups in total. The number of anilines is 1. The number of carbonyl (C=O) groups excluding carboxylic acids is 2. The molecular weight excluding hydrogens is 414 g/mol. The molecule has 1 aliphatic heterocycles. The summed E-state index contributed by atoms with van der Waals surface area (Å²) in [5, 5.41) is 11.9. The van der Waals surface area contributed by atoms with Gasteiger partial charge in [0.1, 0.15) is 17.4 Å². The van der Waals surface area contributed by atoms with Gasteiger partial charge in [-0.25, -0.2) is 8.78 Å². The van der Waals surface area contributed by atoms with Crippen LogP contribution in [0.4, 0.5) is 14.5 Å². The molecule has 158 valence electrons. The van der Waals surface area contributed by atoms with Crippen LogP contribution in [0.15, 0.2) is 84.6 Å². The molecular formula is C25H16F2N2O3. The highest BCUT2D eigenvalue weighted by Gasteiger charge is 2.48. The number of nitrogens with zero attached hydrogens (tertiary/aromatic N) is 1. The fourth-order valence-corrected chi connectivity index (χ4v) is 4.11. The monoisotopic (exact) mass is 430 g/mol. The summed E-state index contributed by atoms with van der Waals surface area (Å²) >= 11 is 0. The Hall–Kier alpha value is -4.26. The van der Waals surface area contributed by atoms with Crippen LogP contribution >= 0.6 is 0 Å². The van der Waals surface area contributed by atoms with Crippen molar-refractivity contribution >= 4 is 34.0 Å². The summed E-state index contributed by atoms with van der Waals surface area (Å²) in [5.41, 5.74) is 0.959. The number of nitrogens with one attached hydrogen (secondary N) is 1. The van der Waals surface area contributed by atoms with E-state index < -0.39 is 35.1 Å². The fourth-order valence-electron chi connectivity index (χ4n) is 4.11. The minimum atomic E-state index is -1.14. The molecule has 1 atom stereocenters. The topological polar surface area (TPSA) is 73.4 Å². The third-order valence-corrected chi connectivity index (χ3v) is 5.57. The van der Waals surface area contributed by atoms with Crippen LogP contribution in [0, 0.1) is 11.6 Å². The summed E-state index contributed by atoms with van der Waals surface area (Å²) < 4.78 is 28.6. The predicted molar refractivity (Wildman–Crippen MR) is 116 cm³/mol. The lowest BCUT2D eigenvalue weighted by Gasteiger charge is -2.25. The van der Waals surface area contributed by atoms with Crippen LogP contribution in [-0.4, -0.2) is 21.8 Å². The Morgan fingerprint density at radius 2 is 1.66 bits per heavy atom. The molecule has 1 amide bonds. The van der Waals surface area contributed by atoms with Crippen molar-refractivity contribution in [2.45, 2.75) is 6.04 Å². The second-order valence-corrected chi connectivity index (χ2v) is 7.42. The molecule has 7 heteroatoms. The average Bonchev–Trinajstić information content (AvgIpc) is 3.35. The minimum Gasteiger partial charge on any atom is -0.507 e. The third kappa shape index (κ3) is 2.98. The van der Waals surface area contributed by atoms with E-state index in [1.807, 2.05) is 12.1 Å². The second kappa shape index (κ2) is 7.46. The van der Waals surface area contributed by atoms with Gasteiger partial charge in [-0.1, -0.05) is 48.5 Å². The molecule has 1 fully saturated rings. The van der Waals surface area contributed by atoms with Crippen LogP contribution in [0.2, 0.25) is 0 Å². The number of Topliss-reactive ketones (excluding diaryl/α,β-unsaturated/α-hetero) is 1. The summed E-state index contributed by atoms with van der Waals surface area (Å²) in [5.74, 6) is -4.04. The number of ketones is 1. The molecule has 1 aliphatic rings. The Morgan fingerprint density at radius 3 is 2.44 bits per heavy atom. The molecule has 0 spiro atoms. The summed E-state index contributed by atoms with van der Waals surface area (Å²) in [7, 11) is 0. The van der Waals surface area contributed by atoms with Gasteiger partial charge in [0, 0.05) is 28.7 Å². The van der Waals surface area contributed by atoms with Gasteiger partial charge >= 0.3 is 0 Å². The number of hydrogen-bond acceptors (Lipinski definition) is 3. The highest BCUT2D eigenvalue weighted by atomic mass is 19.1.